The van der Waals surface area contributed by atoms with Crippen molar-refractivity contribution >= 4 is 27.5 Å². The highest BCUT2D eigenvalue weighted by Crippen LogP contribution is 2.46. The van der Waals surface area contributed by atoms with Crippen molar-refractivity contribution in [2.24, 2.45) is 5.92 Å². The Labute approximate surface area is 245 Å². The first-order chi connectivity index (χ1) is 19.2. The number of hydrogen-bond acceptors (Lipinski definition) is 8. The fourth-order valence-corrected chi connectivity index (χ4v) is 7.49. The number of fused-ring (bicyclic) bond motifs is 1. The van der Waals surface area contributed by atoms with Gasteiger partial charge in [-0.25, -0.2) is 14.8 Å². The van der Waals surface area contributed by atoms with Crippen LogP contribution in [-0.4, -0.2) is 58.8 Å². The maximum atomic E-state index is 12.8. The van der Waals surface area contributed by atoms with Crippen LogP contribution in [0.5, 0.6) is 5.88 Å². The zero-order chi connectivity index (χ0) is 29.7. The fraction of sp³-hybridized carbons (Fsp3) is 0.500. The third-order valence-electron chi connectivity index (χ3n) is 7.86. The van der Waals surface area contributed by atoms with Crippen LogP contribution in [0.1, 0.15) is 60.7 Å². The van der Waals surface area contributed by atoms with Crippen LogP contribution in [0.25, 0.3) is 10.7 Å². The molecule has 0 spiro atoms. The average molecular weight is 600 g/mol. The lowest BCUT2D eigenvalue weighted by Gasteiger charge is -2.40. The number of ether oxygens (including phenoxy) is 1. The number of carboxylic acid groups (broad SMARTS) is 1. The van der Waals surface area contributed by atoms with E-state index in [1.807, 2.05) is 47.7 Å². The second-order valence-electron chi connectivity index (χ2n) is 12.3. The Balaban J connectivity index is 1.40. The van der Waals surface area contributed by atoms with Crippen LogP contribution in [0.3, 0.4) is 0 Å². The molecule has 1 atom stereocenters. The number of thiazole rings is 1. The van der Waals surface area contributed by atoms with Crippen molar-refractivity contribution in [2.45, 2.75) is 83.2 Å². The second-order valence-corrected chi connectivity index (χ2v) is 15.1. The van der Waals surface area contributed by atoms with E-state index in [0.29, 0.717) is 18.7 Å². The molecule has 1 amide bonds. The van der Waals surface area contributed by atoms with Crippen LogP contribution in [-0.2, 0) is 27.1 Å². The lowest BCUT2D eigenvalue weighted by atomic mass is 10.0. The molecule has 220 valence electrons. The summed E-state index contributed by atoms with van der Waals surface area (Å²) in [7, 11) is -3.88. The van der Waals surface area contributed by atoms with E-state index in [0.717, 1.165) is 50.7 Å². The zero-order valence-corrected chi connectivity index (χ0v) is 26.0. The van der Waals surface area contributed by atoms with Crippen molar-refractivity contribution in [3.8, 4) is 16.6 Å². The quantitative estimate of drug-likeness (QED) is 0.300. The first-order valence-corrected chi connectivity index (χ1v) is 16.0. The normalized spacial score (nSPS) is 17.8. The number of carbonyl (C=O) groups is 1. The zero-order valence-electron chi connectivity index (χ0n) is 24.4. The molecule has 2 aliphatic carbocycles. The SMILES string of the molecule is Cc1ccc(S(=O)(=O)OCC2Cc3c(-c4ncc(C)s4)nc(OCC4(N(C(=O)O)C(C)(C)C)CC4)c(C)c3C2)cc1. The van der Waals surface area contributed by atoms with Gasteiger partial charge in [-0.05, 0) is 96.4 Å². The monoisotopic (exact) mass is 599 g/mol. The highest BCUT2D eigenvalue weighted by molar-refractivity contribution is 7.86. The van der Waals surface area contributed by atoms with Gasteiger partial charge in [0, 0.05) is 22.2 Å². The minimum atomic E-state index is -3.88. The summed E-state index contributed by atoms with van der Waals surface area (Å²) in [6.45, 7) is 11.8. The Morgan fingerprint density at radius 3 is 2.34 bits per heavy atom. The molecular formula is C30H37N3O6S2. The van der Waals surface area contributed by atoms with Gasteiger partial charge in [-0.1, -0.05) is 17.7 Å². The van der Waals surface area contributed by atoms with Crippen molar-refractivity contribution in [3.05, 3.63) is 57.6 Å². The number of hydrogen-bond donors (Lipinski definition) is 1. The topological polar surface area (TPSA) is 119 Å². The molecule has 11 heteroatoms. The minimum Gasteiger partial charge on any atom is -0.475 e. The van der Waals surface area contributed by atoms with E-state index in [-0.39, 0.29) is 24.0 Å². The summed E-state index contributed by atoms with van der Waals surface area (Å²) >= 11 is 1.54. The Morgan fingerprint density at radius 1 is 1.12 bits per heavy atom. The number of amides is 1. The molecule has 3 aromatic rings. The fourth-order valence-electron chi connectivity index (χ4n) is 5.74. The van der Waals surface area contributed by atoms with E-state index in [1.54, 1.807) is 35.6 Å². The summed E-state index contributed by atoms with van der Waals surface area (Å²) < 4.78 is 37.5. The third kappa shape index (κ3) is 5.98. The molecule has 0 radical (unpaired) electrons. The van der Waals surface area contributed by atoms with Gasteiger partial charge in [0.2, 0.25) is 5.88 Å². The summed E-state index contributed by atoms with van der Waals surface area (Å²) in [6, 6.07) is 6.63. The van der Waals surface area contributed by atoms with E-state index in [4.69, 9.17) is 13.9 Å². The van der Waals surface area contributed by atoms with Gasteiger partial charge in [-0.2, -0.15) is 8.42 Å². The molecule has 1 aromatic carbocycles. The van der Waals surface area contributed by atoms with Crippen molar-refractivity contribution < 1.29 is 27.2 Å². The molecule has 5 rings (SSSR count). The molecule has 2 aliphatic rings. The number of aryl methyl sites for hydroxylation is 2. The lowest BCUT2D eigenvalue weighted by Crippen LogP contribution is -2.55. The molecule has 1 N–H and O–H groups in total. The highest BCUT2D eigenvalue weighted by atomic mass is 32.2. The molecule has 1 fully saturated rings. The van der Waals surface area contributed by atoms with Gasteiger partial charge < -0.3 is 9.84 Å². The molecule has 2 heterocycles. The summed E-state index contributed by atoms with van der Waals surface area (Å²) in [6.07, 6.45) is 3.55. The summed E-state index contributed by atoms with van der Waals surface area (Å²) in [5, 5.41) is 10.8. The van der Waals surface area contributed by atoms with Crippen LogP contribution in [0.2, 0.25) is 0 Å². The molecule has 41 heavy (non-hydrogen) atoms. The highest BCUT2D eigenvalue weighted by Gasteiger charge is 2.55. The number of pyridine rings is 1. The van der Waals surface area contributed by atoms with E-state index in [2.05, 4.69) is 4.98 Å². The molecule has 0 aliphatic heterocycles. The molecular weight excluding hydrogens is 562 g/mol. The van der Waals surface area contributed by atoms with Gasteiger partial charge in [0.05, 0.1) is 17.0 Å². The molecule has 1 unspecified atom stereocenters. The van der Waals surface area contributed by atoms with Crippen molar-refractivity contribution in [3.63, 3.8) is 0 Å². The average Bonchev–Trinajstić information content (AvgIpc) is 3.29. The number of nitrogens with zero attached hydrogens (tertiary/aromatic N) is 3. The Morgan fingerprint density at radius 2 is 1.78 bits per heavy atom. The standard InChI is InChI=1S/C30H37N3O6S2/c1-18-7-9-22(10-8-18)41(36,37)39-16-21-13-23-20(3)26(32-25(24(23)14-21)27-31-15-19(2)40-27)38-17-30(11-12-30)33(28(34)35)29(4,5)6/h7-10,15,21H,11-14,16-17H2,1-6H3,(H,34,35). The molecule has 0 bridgehead atoms. The Hall–Kier alpha value is -3.02. The van der Waals surface area contributed by atoms with Crippen molar-refractivity contribution in [1.29, 1.82) is 0 Å². The van der Waals surface area contributed by atoms with Gasteiger partial charge in [0.25, 0.3) is 10.1 Å². The number of aromatic nitrogens is 2. The number of benzene rings is 1. The molecule has 2 aromatic heterocycles. The predicted molar refractivity (Wildman–Crippen MR) is 157 cm³/mol. The van der Waals surface area contributed by atoms with Crippen molar-refractivity contribution in [1.82, 2.24) is 14.9 Å². The van der Waals surface area contributed by atoms with Gasteiger partial charge in [-0.15, -0.1) is 11.3 Å². The summed E-state index contributed by atoms with van der Waals surface area (Å²) in [5.41, 5.74) is 3.54. The van der Waals surface area contributed by atoms with E-state index in [1.165, 1.54) is 4.90 Å². The van der Waals surface area contributed by atoms with Gasteiger partial charge in [0.15, 0.2) is 0 Å². The lowest BCUT2D eigenvalue weighted by molar-refractivity contribution is 0.0390. The molecule has 9 nitrogen and oxygen atoms in total. The first kappa shape index (κ1) is 29.5. The van der Waals surface area contributed by atoms with E-state index in [9.17, 15) is 18.3 Å². The Bertz CT molecular complexity index is 1570. The minimum absolute atomic E-state index is 0.0547. The van der Waals surface area contributed by atoms with E-state index >= 15 is 0 Å². The number of rotatable bonds is 9. The Kier molecular flexibility index (Phi) is 7.67. The van der Waals surface area contributed by atoms with Crippen LogP contribution < -0.4 is 4.74 Å². The molecule has 0 saturated heterocycles. The molecule has 1 saturated carbocycles. The largest absolute Gasteiger partial charge is 0.475 e. The van der Waals surface area contributed by atoms with Crippen LogP contribution in [0, 0.1) is 26.7 Å². The maximum Gasteiger partial charge on any atom is 0.408 e. The van der Waals surface area contributed by atoms with Gasteiger partial charge in [0.1, 0.15) is 17.3 Å². The summed E-state index contributed by atoms with van der Waals surface area (Å²) in [5.74, 6) is 0.407. The van der Waals surface area contributed by atoms with E-state index < -0.39 is 27.3 Å². The van der Waals surface area contributed by atoms with Crippen LogP contribution >= 0.6 is 11.3 Å². The predicted octanol–water partition coefficient (Wildman–Crippen LogP) is 5.94. The van der Waals surface area contributed by atoms with Crippen molar-refractivity contribution in [2.75, 3.05) is 13.2 Å². The maximum absolute atomic E-state index is 12.8. The van der Waals surface area contributed by atoms with Crippen LogP contribution in [0.15, 0.2) is 35.4 Å². The second kappa shape index (κ2) is 10.7. The first-order valence-electron chi connectivity index (χ1n) is 13.8. The van der Waals surface area contributed by atoms with Gasteiger partial charge in [-0.3, -0.25) is 9.08 Å². The smallest absolute Gasteiger partial charge is 0.408 e. The summed E-state index contributed by atoms with van der Waals surface area (Å²) in [4.78, 5) is 24.4. The third-order valence-corrected chi connectivity index (χ3v) is 10.1. The van der Waals surface area contributed by atoms with Crippen LogP contribution in [0.4, 0.5) is 4.79 Å². The van der Waals surface area contributed by atoms with Gasteiger partial charge >= 0.3 is 6.09 Å².